The summed E-state index contributed by atoms with van der Waals surface area (Å²) >= 11 is 0. The first kappa shape index (κ1) is 14.8. The number of hydrogen-bond acceptors (Lipinski definition) is 3. The van der Waals surface area contributed by atoms with Gasteiger partial charge in [-0.1, -0.05) is 18.2 Å². The average Bonchev–Trinajstić information content (AvgIpc) is 2.81. The Hall–Kier alpha value is -3.08. The number of carbonyl (C=O) groups is 1. The van der Waals surface area contributed by atoms with Crippen molar-refractivity contribution in [1.29, 1.82) is 0 Å². The molecular weight excluding hydrogens is 288 g/mol. The number of fused-ring (bicyclic) bond motifs is 1. The van der Waals surface area contributed by atoms with Crippen molar-refractivity contribution in [1.82, 2.24) is 9.99 Å². The second kappa shape index (κ2) is 5.96. The van der Waals surface area contributed by atoms with Crippen LogP contribution in [0.1, 0.15) is 21.6 Å². The highest BCUT2D eigenvalue weighted by molar-refractivity contribution is 6.02. The second-order valence-corrected chi connectivity index (χ2v) is 5.40. The SMILES string of the molecule is Cc1c(/C=N\NC(=O)c2ccc(N)cc2)c2ccccc2n1C. The molecule has 0 atom stereocenters. The molecule has 0 aliphatic carbocycles. The summed E-state index contributed by atoms with van der Waals surface area (Å²) in [6.07, 6.45) is 1.69. The van der Waals surface area contributed by atoms with E-state index in [1.165, 1.54) is 0 Å². The molecule has 23 heavy (non-hydrogen) atoms. The Kier molecular flexibility index (Phi) is 3.85. The number of para-hydroxylation sites is 1. The number of amides is 1. The Labute approximate surface area is 134 Å². The van der Waals surface area contributed by atoms with Crippen LogP contribution in [0.15, 0.2) is 53.6 Å². The van der Waals surface area contributed by atoms with E-state index in [4.69, 9.17) is 5.73 Å². The third-order valence-corrected chi connectivity index (χ3v) is 3.98. The predicted molar refractivity (Wildman–Crippen MR) is 93.6 cm³/mol. The number of hydrazone groups is 1. The number of nitrogens with two attached hydrogens (primary N) is 1. The van der Waals surface area contributed by atoms with Gasteiger partial charge in [-0.15, -0.1) is 0 Å². The molecule has 1 aromatic heterocycles. The van der Waals surface area contributed by atoms with Crippen LogP contribution in [0.2, 0.25) is 0 Å². The standard InChI is InChI=1S/C18H18N4O/c1-12-16(15-5-3-4-6-17(15)22(12)2)11-20-21-18(23)13-7-9-14(19)10-8-13/h3-11H,19H2,1-2H3,(H,21,23)/b20-11-. The number of nitrogen functional groups attached to an aromatic ring is 1. The molecule has 3 N–H and O–H groups in total. The molecule has 2 aromatic carbocycles. The van der Waals surface area contributed by atoms with Crippen LogP contribution in [0.5, 0.6) is 0 Å². The van der Waals surface area contributed by atoms with Crippen LogP contribution in [-0.4, -0.2) is 16.7 Å². The first-order valence-electron chi connectivity index (χ1n) is 7.31. The third-order valence-electron chi connectivity index (χ3n) is 3.98. The van der Waals surface area contributed by atoms with E-state index in [0.29, 0.717) is 11.3 Å². The van der Waals surface area contributed by atoms with Crippen molar-refractivity contribution >= 4 is 28.7 Å². The van der Waals surface area contributed by atoms with E-state index in [2.05, 4.69) is 21.2 Å². The average molecular weight is 306 g/mol. The maximum absolute atomic E-state index is 12.0. The lowest BCUT2D eigenvalue weighted by Crippen LogP contribution is -2.17. The summed E-state index contributed by atoms with van der Waals surface area (Å²) in [5, 5.41) is 5.20. The minimum absolute atomic E-state index is 0.265. The molecule has 0 saturated heterocycles. The summed E-state index contributed by atoms with van der Waals surface area (Å²) in [6.45, 7) is 2.03. The molecule has 3 rings (SSSR count). The Morgan fingerprint density at radius 1 is 1.17 bits per heavy atom. The third kappa shape index (κ3) is 2.81. The van der Waals surface area contributed by atoms with Crippen LogP contribution in [0, 0.1) is 6.92 Å². The van der Waals surface area contributed by atoms with Crippen molar-refractivity contribution in [2.24, 2.45) is 12.1 Å². The van der Waals surface area contributed by atoms with Gasteiger partial charge in [0.2, 0.25) is 0 Å². The molecule has 1 heterocycles. The van der Waals surface area contributed by atoms with Gasteiger partial charge in [-0.25, -0.2) is 5.43 Å². The van der Waals surface area contributed by atoms with Crippen LogP contribution < -0.4 is 11.2 Å². The molecule has 0 saturated carbocycles. The highest BCUT2D eigenvalue weighted by Crippen LogP contribution is 2.22. The number of hydrogen-bond donors (Lipinski definition) is 2. The molecule has 0 fully saturated rings. The smallest absolute Gasteiger partial charge is 0.271 e. The Morgan fingerprint density at radius 2 is 1.87 bits per heavy atom. The van der Waals surface area contributed by atoms with E-state index in [-0.39, 0.29) is 5.91 Å². The van der Waals surface area contributed by atoms with Crippen molar-refractivity contribution in [3.05, 3.63) is 65.4 Å². The Bertz CT molecular complexity index is 891. The topological polar surface area (TPSA) is 72.4 Å². The van der Waals surface area contributed by atoms with Gasteiger partial charge < -0.3 is 10.3 Å². The van der Waals surface area contributed by atoms with Crippen LogP contribution in [0.3, 0.4) is 0 Å². The van der Waals surface area contributed by atoms with Crippen molar-refractivity contribution in [2.75, 3.05) is 5.73 Å². The fourth-order valence-corrected chi connectivity index (χ4v) is 2.57. The van der Waals surface area contributed by atoms with Gasteiger partial charge in [-0.05, 0) is 37.3 Å². The Balaban J connectivity index is 1.82. The number of aryl methyl sites for hydroxylation is 1. The van der Waals surface area contributed by atoms with Gasteiger partial charge >= 0.3 is 0 Å². The normalized spacial score (nSPS) is 11.2. The molecule has 3 aromatic rings. The van der Waals surface area contributed by atoms with Crippen molar-refractivity contribution in [3.63, 3.8) is 0 Å². The van der Waals surface area contributed by atoms with E-state index in [0.717, 1.165) is 22.2 Å². The van der Waals surface area contributed by atoms with Crippen molar-refractivity contribution < 1.29 is 4.79 Å². The fraction of sp³-hybridized carbons (Fsp3) is 0.111. The van der Waals surface area contributed by atoms with E-state index in [1.54, 1.807) is 30.5 Å². The van der Waals surface area contributed by atoms with Gasteiger partial charge in [-0.2, -0.15) is 5.10 Å². The number of anilines is 1. The van der Waals surface area contributed by atoms with E-state index in [1.807, 2.05) is 32.2 Å². The predicted octanol–water partition coefficient (Wildman–Crippen LogP) is 2.83. The van der Waals surface area contributed by atoms with Gasteiger partial charge in [0, 0.05) is 40.5 Å². The van der Waals surface area contributed by atoms with Gasteiger partial charge in [0.1, 0.15) is 0 Å². The summed E-state index contributed by atoms with van der Waals surface area (Å²) < 4.78 is 2.11. The zero-order chi connectivity index (χ0) is 16.4. The fourth-order valence-electron chi connectivity index (χ4n) is 2.57. The zero-order valence-electron chi connectivity index (χ0n) is 13.1. The van der Waals surface area contributed by atoms with E-state index in [9.17, 15) is 4.79 Å². The van der Waals surface area contributed by atoms with Crippen LogP contribution >= 0.6 is 0 Å². The van der Waals surface area contributed by atoms with E-state index >= 15 is 0 Å². The molecule has 0 radical (unpaired) electrons. The summed E-state index contributed by atoms with van der Waals surface area (Å²) in [7, 11) is 2.02. The van der Waals surface area contributed by atoms with E-state index < -0.39 is 0 Å². The first-order chi connectivity index (χ1) is 11.1. The summed E-state index contributed by atoms with van der Waals surface area (Å²) in [5.74, 6) is -0.265. The van der Waals surface area contributed by atoms with Crippen molar-refractivity contribution in [2.45, 2.75) is 6.92 Å². The minimum atomic E-state index is -0.265. The number of benzene rings is 2. The van der Waals surface area contributed by atoms with Crippen molar-refractivity contribution in [3.8, 4) is 0 Å². The molecule has 0 aliphatic heterocycles. The van der Waals surface area contributed by atoms with Gasteiger partial charge in [0.25, 0.3) is 5.91 Å². The monoisotopic (exact) mass is 306 g/mol. The van der Waals surface area contributed by atoms with Gasteiger partial charge in [0.05, 0.1) is 6.21 Å². The molecule has 1 amide bonds. The highest BCUT2D eigenvalue weighted by atomic mass is 16.2. The zero-order valence-corrected chi connectivity index (χ0v) is 13.1. The number of rotatable bonds is 3. The quantitative estimate of drug-likeness (QED) is 0.444. The molecular formula is C18H18N4O. The number of nitrogens with zero attached hydrogens (tertiary/aromatic N) is 2. The largest absolute Gasteiger partial charge is 0.399 e. The van der Waals surface area contributed by atoms with Gasteiger partial charge in [-0.3, -0.25) is 4.79 Å². The second-order valence-electron chi connectivity index (χ2n) is 5.40. The van der Waals surface area contributed by atoms with Crippen LogP contribution in [0.4, 0.5) is 5.69 Å². The van der Waals surface area contributed by atoms with Gasteiger partial charge in [0.15, 0.2) is 0 Å². The number of nitrogens with one attached hydrogen (secondary N) is 1. The highest BCUT2D eigenvalue weighted by Gasteiger charge is 2.09. The molecule has 0 unspecified atom stereocenters. The molecule has 0 bridgehead atoms. The summed E-state index contributed by atoms with van der Waals surface area (Å²) in [4.78, 5) is 12.0. The lowest BCUT2D eigenvalue weighted by Gasteiger charge is -2.00. The summed E-state index contributed by atoms with van der Waals surface area (Å²) in [5.41, 5.74) is 12.5. The number of aromatic nitrogens is 1. The molecule has 5 heteroatoms. The summed E-state index contributed by atoms with van der Waals surface area (Å²) in [6, 6.07) is 14.8. The maximum Gasteiger partial charge on any atom is 0.271 e. The first-order valence-corrected chi connectivity index (χ1v) is 7.31. The maximum atomic E-state index is 12.0. The molecule has 0 aliphatic rings. The lowest BCUT2D eigenvalue weighted by atomic mass is 10.1. The van der Waals surface area contributed by atoms with Crippen LogP contribution in [-0.2, 0) is 7.05 Å². The Morgan fingerprint density at radius 3 is 2.61 bits per heavy atom. The van der Waals surface area contributed by atoms with Crippen LogP contribution in [0.25, 0.3) is 10.9 Å². The molecule has 5 nitrogen and oxygen atoms in total. The minimum Gasteiger partial charge on any atom is -0.399 e. The lowest BCUT2D eigenvalue weighted by molar-refractivity contribution is 0.0955. The number of carbonyl (C=O) groups excluding carboxylic acids is 1. The molecule has 0 spiro atoms. The molecule has 116 valence electrons.